The standard InChI is InChI=1S/C30H31N5O5/c1-3-39-29(37)26-28(30(38)40-4-2)34(33-31-26)19-24(36)35-27(21-14-9-6-10-15-21)23-17-11-16-22(25(23)32-35)18-20-12-7-5-8-13-20/h5-10,12-15,18,23,27H,3-4,11,16-17,19H2,1-2H3. The minimum Gasteiger partial charge on any atom is -0.461 e. The van der Waals surface area contributed by atoms with E-state index < -0.39 is 11.9 Å². The zero-order chi connectivity index (χ0) is 28.1. The van der Waals surface area contributed by atoms with Gasteiger partial charge in [-0.3, -0.25) is 4.79 Å². The number of amides is 1. The van der Waals surface area contributed by atoms with Crippen molar-refractivity contribution in [1.29, 1.82) is 0 Å². The first-order valence-corrected chi connectivity index (χ1v) is 13.5. The van der Waals surface area contributed by atoms with Crippen molar-refractivity contribution in [2.75, 3.05) is 13.2 Å². The molecule has 0 radical (unpaired) electrons. The summed E-state index contributed by atoms with van der Waals surface area (Å²) in [5, 5.41) is 14.2. The molecule has 0 spiro atoms. The Morgan fingerprint density at radius 3 is 2.33 bits per heavy atom. The van der Waals surface area contributed by atoms with Crippen LogP contribution in [-0.4, -0.2) is 56.8 Å². The van der Waals surface area contributed by atoms with E-state index in [9.17, 15) is 14.4 Å². The Kier molecular flexibility index (Phi) is 8.14. The average Bonchev–Trinajstić information content (AvgIpc) is 3.57. The zero-order valence-corrected chi connectivity index (χ0v) is 22.5. The monoisotopic (exact) mass is 541 g/mol. The van der Waals surface area contributed by atoms with Gasteiger partial charge in [-0.2, -0.15) is 5.10 Å². The van der Waals surface area contributed by atoms with Crippen LogP contribution in [-0.2, 0) is 20.8 Å². The van der Waals surface area contributed by atoms with Gasteiger partial charge in [0.1, 0.15) is 6.54 Å². The number of fused-ring (bicyclic) bond motifs is 1. The van der Waals surface area contributed by atoms with Gasteiger partial charge >= 0.3 is 11.9 Å². The summed E-state index contributed by atoms with van der Waals surface area (Å²) < 4.78 is 11.3. The van der Waals surface area contributed by atoms with Gasteiger partial charge in [-0.15, -0.1) is 5.10 Å². The summed E-state index contributed by atoms with van der Waals surface area (Å²) in [6, 6.07) is 19.6. The van der Waals surface area contributed by atoms with E-state index in [-0.39, 0.29) is 49.0 Å². The Labute approximate surface area is 232 Å². The van der Waals surface area contributed by atoms with Crippen molar-refractivity contribution in [3.05, 3.63) is 88.8 Å². The number of rotatable bonds is 8. The van der Waals surface area contributed by atoms with Crippen LogP contribution in [0.4, 0.5) is 0 Å². The predicted octanol–water partition coefficient (Wildman–Crippen LogP) is 4.45. The quantitative estimate of drug-likeness (QED) is 0.387. The van der Waals surface area contributed by atoms with E-state index in [1.807, 2.05) is 60.7 Å². The second kappa shape index (κ2) is 12.1. The van der Waals surface area contributed by atoms with E-state index >= 15 is 0 Å². The van der Waals surface area contributed by atoms with Crippen LogP contribution in [0.25, 0.3) is 6.08 Å². The van der Waals surface area contributed by atoms with Gasteiger partial charge in [0.05, 0.1) is 25.0 Å². The van der Waals surface area contributed by atoms with Gasteiger partial charge < -0.3 is 9.47 Å². The smallest absolute Gasteiger partial charge is 0.361 e. The summed E-state index contributed by atoms with van der Waals surface area (Å²) >= 11 is 0. The summed E-state index contributed by atoms with van der Waals surface area (Å²) in [5.74, 6) is -1.99. The highest BCUT2D eigenvalue weighted by Gasteiger charge is 2.44. The lowest BCUT2D eigenvalue weighted by molar-refractivity contribution is -0.134. The normalized spacial score (nSPS) is 19.2. The van der Waals surface area contributed by atoms with E-state index in [0.717, 1.165) is 46.4 Å². The van der Waals surface area contributed by atoms with Crippen molar-refractivity contribution < 1.29 is 23.9 Å². The SMILES string of the molecule is CCOC(=O)c1nnn(CC(=O)N2N=C3C(=Cc4ccccc4)CCCC3C2c2ccccc2)c1C(=O)OCC. The van der Waals surface area contributed by atoms with Crippen LogP contribution in [0.15, 0.2) is 71.3 Å². The fourth-order valence-corrected chi connectivity index (χ4v) is 5.30. The van der Waals surface area contributed by atoms with Crippen molar-refractivity contribution in [3.63, 3.8) is 0 Å². The summed E-state index contributed by atoms with van der Waals surface area (Å²) in [5.41, 5.74) is 3.54. The molecule has 2 unspecified atom stereocenters. The second-order valence-electron chi connectivity index (χ2n) is 9.54. The summed E-state index contributed by atoms with van der Waals surface area (Å²) in [7, 11) is 0. The molecule has 2 atom stereocenters. The van der Waals surface area contributed by atoms with Gasteiger partial charge in [-0.25, -0.2) is 19.3 Å². The molecule has 206 valence electrons. The van der Waals surface area contributed by atoms with Crippen molar-refractivity contribution >= 4 is 29.6 Å². The van der Waals surface area contributed by atoms with Gasteiger partial charge in [0, 0.05) is 5.92 Å². The minimum atomic E-state index is -0.811. The molecule has 5 rings (SSSR count). The Bertz CT molecular complexity index is 1450. The van der Waals surface area contributed by atoms with Gasteiger partial charge in [-0.05, 0) is 55.9 Å². The number of hydrogen-bond donors (Lipinski definition) is 0. The van der Waals surface area contributed by atoms with Crippen LogP contribution in [0.1, 0.15) is 71.3 Å². The molecule has 3 aromatic rings. The van der Waals surface area contributed by atoms with Gasteiger partial charge in [0.2, 0.25) is 5.69 Å². The highest BCUT2D eigenvalue weighted by Crippen LogP contribution is 2.44. The Hall–Kier alpha value is -4.60. The number of hydrogen-bond acceptors (Lipinski definition) is 8. The highest BCUT2D eigenvalue weighted by atomic mass is 16.5. The number of esters is 2. The van der Waals surface area contributed by atoms with E-state index in [1.54, 1.807) is 13.8 Å². The van der Waals surface area contributed by atoms with E-state index in [0.29, 0.717) is 0 Å². The van der Waals surface area contributed by atoms with E-state index in [2.05, 4.69) is 16.4 Å². The molecule has 10 nitrogen and oxygen atoms in total. The molecule has 1 aliphatic carbocycles. The molecule has 1 fully saturated rings. The van der Waals surface area contributed by atoms with Crippen molar-refractivity contribution in [2.45, 2.75) is 45.7 Å². The van der Waals surface area contributed by atoms with Crippen LogP contribution < -0.4 is 0 Å². The molecule has 40 heavy (non-hydrogen) atoms. The predicted molar refractivity (Wildman–Crippen MR) is 147 cm³/mol. The molecule has 1 aliphatic heterocycles. The third kappa shape index (κ3) is 5.42. The van der Waals surface area contributed by atoms with Crippen molar-refractivity contribution in [2.24, 2.45) is 11.0 Å². The van der Waals surface area contributed by atoms with Crippen molar-refractivity contribution in [1.82, 2.24) is 20.0 Å². The minimum absolute atomic E-state index is 0.0189. The first kappa shape index (κ1) is 27.0. The first-order valence-electron chi connectivity index (χ1n) is 13.5. The molecule has 2 aromatic carbocycles. The Morgan fingerprint density at radius 2 is 1.62 bits per heavy atom. The number of carbonyl (C=O) groups excluding carboxylic acids is 3. The summed E-state index contributed by atoms with van der Waals surface area (Å²) in [6.45, 7) is 3.11. The maximum atomic E-state index is 13.9. The van der Waals surface area contributed by atoms with Crippen molar-refractivity contribution in [3.8, 4) is 0 Å². The molecular weight excluding hydrogens is 510 g/mol. The number of nitrogens with zero attached hydrogens (tertiary/aromatic N) is 5. The van der Waals surface area contributed by atoms with Crippen LogP contribution in [0.5, 0.6) is 0 Å². The molecule has 1 saturated carbocycles. The Morgan fingerprint density at radius 1 is 0.950 bits per heavy atom. The van der Waals surface area contributed by atoms with Crippen LogP contribution in [0, 0.1) is 5.92 Å². The Balaban J connectivity index is 1.51. The topological polar surface area (TPSA) is 116 Å². The lowest BCUT2D eigenvalue weighted by Gasteiger charge is -2.29. The molecule has 2 heterocycles. The molecule has 0 N–H and O–H groups in total. The maximum Gasteiger partial charge on any atom is 0.361 e. The van der Waals surface area contributed by atoms with E-state index in [4.69, 9.17) is 14.6 Å². The molecule has 0 saturated heterocycles. The zero-order valence-electron chi connectivity index (χ0n) is 22.5. The number of ether oxygens (including phenoxy) is 2. The largest absolute Gasteiger partial charge is 0.461 e. The number of allylic oxidation sites excluding steroid dienone is 1. The maximum absolute atomic E-state index is 13.9. The van der Waals surface area contributed by atoms with Gasteiger partial charge in [-0.1, -0.05) is 65.9 Å². The van der Waals surface area contributed by atoms with Gasteiger partial charge in [0.15, 0.2) is 5.69 Å². The van der Waals surface area contributed by atoms with Crippen LogP contribution >= 0.6 is 0 Å². The second-order valence-corrected chi connectivity index (χ2v) is 9.54. The summed E-state index contributed by atoms with van der Waals surface area (Å²) in [6.07, 6.45) is 4.88. The fraction of sp³-hybridized carbons (Fsp3) is 0.333. The molecule has 10 heteroatoms. The third-order valence-corrected chi connectivity index (χ3v) is 7.00. The third-order valence-electron chi connectivity index (χ3n) is 7.00. The molecule has 1 amide bonds. The molecule has 1 aromatic heterocycles. The number of benzene rings is 2. The molecule has 0 bridgehead atoms. The lowest BCUT2D eigenvalue weighted by Crippen LogP contribution is -2.34. The number of aromatic nitrogens is 3. The van der Waals surface area contributed by atoms with Crippen LogP contribution in [0.2, 0.25) is 0 Å². The first-order chi connectivity index (χ1) is 19.5. The average molecular weight is 542 g/mol. The summed E-state index contributed by atoms with van der Waals surface area (Å²) in [4.78, 5) is 39.1. The van der Waals surface area contributed by atoms with E-state index in [1.165, 1.54) is 5.01 Å². The lowest BCUT2D eigenvalue weighted by atomic mass is 9.77. The van der Waals surface area contributed by atoms with Gasteiger partial charge in [0.25, 0.3) is 5.91 Å². The highest BCUT2D eigenvalue weighted by molar-refractivity contribution is 6.08. The molecule has 2 aliphatic rings. The molecular formula is C30H31N5O5. The fourth-order valence-electron chi connectivity index (χ4n) is 5.30. The number of hydrazone groups is 1. The van der Waals surface area contributed by atoms with Crippen LogP contribution in [0.3, 0.4) is 0 Å². The number of carbonyl (C=O) groups is 3.